The number of aliphatic hydroxyl groups is 1. The Balaban J connectivity index is 1.42. The molecule has 238 valence electrons. The van der Waals surface area contributed by atoms with E-state index in [-0.39, 0.29) is 29.4 Å². The lowest BCUT2D eigenvalue weighted by molar-refractivity contribution is -0.362. The van der Waals surface area contributed by atoms with Crippen LogP contribution in [-0.2, 0) is 14.6 Å². The average molecular weight is 645 g/mol. The predicted octanol–water partition coefficient (Wildman–Crippen LogP) is 7.32. The van der Waals surface area contributed by atoms with Crippen molar-refractivity contribution in [1.82, 2.24) is 0 Å². The Morgan fingerprint density at radius 3 is 2.29 bits per heavy atom. The van der Waals surface area contributed by atoms with E-state index in [0.29, 0.717) is 36.8 Å². The molecule has 0 saturated heterocycles. The molecule has 0 aromatic heterocycles. The molecular weight excluding hydrogens is 611 g/mol. The molecule has 45 heavy (non-hydrogen) atoms. The van der Waals surface area contributed by atoms with E-state index in [4.69, 9.17) is 0 Å². The molecule has 0 radical (unpaired) electrons. The highest BCUT2D eigenvalue weighted by Crippen LogP contribution is 2.70. The zero-order valence-corrected chi connectivity index (χ0v) is 25.7. The predicted molar refractivity (Wildman–Crippen MR) is 158 cm³/mol. The van der Waals surface area contributed by atoms with Crippen LogP contribution in [0.4, 0.5) is 22.0 Å². The number of ketones is 1. The van der Waals surface area contributed by atoms with Crippen LogP contribution in [0.25, 0.3) is 0 Å². The van der Waals surface area contributed by atoms with Gasteiger partial charge in [-0.2, -0.15) is 22.0 Å². The largest absolute Gasteiger partial charge is 0.456 e. The van der Waals surface area contributed by atoms with Gasteiger partial charge in [-0.15, -0.1) is 0 Å². The molecule has 2 aromatic rings. The fourth-order valence-corrected chi connectivity index (χ4v) is 9.13. The first-order chi connectivity index (χ1) is 21.0. The fraction of sp³-hybridized carbons (Fsp3) is 0.457. The zero-order chi connectivity index (χ0) is 32.6. The Labute approximate surface area is 259 Å². The van der Waals surface area contributed by atoms with Crippen LogP contribution in [-0.4, -0.2) is 43.3 Å². The molecule has 4 aliphatic rings. The Morgan fingerprint density at radius 2 is 1.62 bits per heavy atom. The van der Waals surface area contributed by atoms with Crippen LogP contribution in [0, 0.1) is 29.1 Å². The topological polar surface area (TPSA) is 71.4 Å². The molecule has 1 N–H and O–H groups in total. The number of rotatable bonds is 3. The van der Waals surface area contributed by atoms with E-state index in [1.165, 1.54) is 19.1 Å². The van der Waals surface area contributed by atoms with Gasteiger partial charge in [0.1, 0.15) is 5.60 Å². The monoisotopic (exact) mass is 644 g/mol. The normalized spacial score (nSPS) is 30.1. The molecule has 2 fully saturated rings. The second-order valence-corrected chi connectivity index (χ2v) is 15.2. The lowest BCUT2D eigenvalue weighted by Crippen LogP contribution is -2.65. The number of alkyl halides is 5. The number of benzene rings is 2. The van der Waals surface area contributed by atoms with Gasteiger partial charge in [0.05, 0.1) is 4.90 Å². The minimum Gasteiger partial charge on any atom is -0.383 e. The van der Waals surface area contributed by atoms with Crippen LogP contribution in [0.2, 0.25) is 0 Å². The Morgan fingerprint density at radius 1 is 0.933 bits per heavy atom. The smallest absolute Gasteiger partial charge is 0.383 e. The molecule has 0 spiro atoms. The summed E-state index contributed by atoms with van der Waals surface area (Å²) in [5.41, 5.74) is -0.242. The lowest BCUT2D eigenvalue weighted by atomic mass is 9.50. The zero-order valence-electron chi connectivity index (χ0n) is 24.8. The van der Waals surface area contributed by atoms with Gasteiger partial charge in [-0.25, -0.2) is 8.42 Å². The number of allylic oxidation sites excluding steroid dienone is 4. The van der Waals surface area contributed by atoms with Gasteiger partial charge in [0.25, 0.3) is 0 Å². The fourth-order valence-electron chi connectivity index (χ4n) is 8.46. The first-order valence-electron chi connectivity index (χ1n) is 15.0. The summed E-state index contributed by atoms with van der Waals surface area (Å²) < 4.78 is 95.5. The number of carbonyl (C=O) groups excluding carboxylic acids is 1. The third kappa shape index (κ3) is 5.07. The highest BCUT2D eigenvalue weighted by Gasteiger charge is 2.79. The number of hydrogen-bond donors (Lipinski definition) is 1. The van der Waals surface area contributed by atoms with Gasteiger partial charge >= 0.3 is 12.1 Å². The molecule has 4 nitrogen and oxygen atoms in total. The molecule has 0 bridgehead atoms. The maximum Gasteiger partial charge on any atom is 0.456 e. The van der Waals surface area contributed by atoms with Crippen molar-refractivity contribution in [3.05, 3.63) is 88.0 Å². The Kier molecular flexibility index (Phi) is 7.48. The summed E-state index contributed by atoms with van der Waals surface area (Å²) in [6.07, 6.45) is -1.98. The lowest BCUT2D eigenvalue weighted by Gasteiger charge is -2.56. The minimum absolute atomic E-state index is 0.0232. The summed E-state index contributed by atoms with van der Waals surface area (Å²) in [4.78, 5) is 12.4. The number of sulfone groups is 1. The number of carbonyl (C=O) groups is 1. The standard InChI is InChI=1S/C35H33F5O4S/c1-32-20-29(23-10-8-21(9-11-23)6-7-22-4-3-5-26(18-22)45(2,43)44)31-27-15-13-25(41)19-24(27)12-14-28(31)30(32)16-17-33(32,42)34(36,37)35(38,39)40/h3-5,8-11,18-19,28-30,42H,12-17,20H2,1-2H3/t28-,29+,30-,32-,33-/m0/s1. The van der Waals surface area contributed by atoms with Crippen LogP contribution in [0.15, 0.2) is 76.2 Å². The summed E-state index contributed by atoms with van der Waals surface area (Å²) in [5.74, 6) is -0.714. The third-order valence-electron chi connectivity index (χ3n) is 10.7. The first kappa shape index (κ1) is 31.7. The molecule has 4 aliphatic carbocycles. The second kappa shape index (κ2) is 10.6. The van der Waals surface area contributed by atoms with E-state index in [1.807, 2.05) is 0 Å². The summed E-state index contributed by atoms with van der Waals surface area (Å²) >= 11 is 0. The second-order valence-electron chi connectivity index (χ2n) is 13.1. The van der Waals surface area contributed by atoms with Gasteiger partial charge < -0.3 is 5.11 Å². The maximum absolute atomic E-state index is 15.2. The molecule has 2 aromatic carbocycles. The van der Waals surface area contributed by atoms with E-state index < -0.39 is 51.2 Å². The minimum atomic E-state index is -5.90. The van der Waals surface area contributed by atoms with E-state index in [0.717, 1.165) is 28.5 Å². The van der Waals surface area contributed by atoms with Gasteiger partial charge in [-0.1, -0.05) is 42.5 Å². The van der Waals surface area contributed by atoms with Crippen molar-refractivity contribution in [2.75, 3.05) is 6.26 Å². The molecule has 5 atom stereocenters. The number of hydrogen-bond acceptors (Lipinski definition) is 4. The Bertz CT molecular complexity index is 1790. The van der Waals surface area contributed by atoms with Crippen molar-refractivity contribution in [2.24, 2.45) is 17.3 Å². The van der Waals surface area contributed by atoms with Gasteiger partial charge in [0.2, 0.25) is 0 Å². The van der Waals surface area contributed by atoms with Crippen molar-refractivity contribution >= 4 is 15.6 Å². The van der Waals surface area contributed by atoms with E-state index in [2.05, 4.69) is 11.8 Å². The first-order valence-corrected chi connectivity index (χ1v) is 16.9. The molecule has 0 amide bonds. The Hall–Kier alpha value is -3.29. The van der Waals surface area contributed by atoms with Crippen molar-refractivity contribution in [2.45, 2.75) is 80.4 Å². The number of fused-ring (bicyclic) bond motifs is 4. The van der Waals surface area contributed by atoms with Gasteiger partial charge in [0.15, 0.2) is 15.6 Å². The van der Waals surface area contributed by atoms with E-state index >= 15 is 8.78 Å². The van der Waals surface area contributed by atoms with E-state index in [1.54, 1.807) is 42.5 Å². The van der Waals surface area contributed by atoms with Crippen molar-refractivity contribution in [3.8, 4) is 11.8 Å². The SMILES string of the molecule is C[C@]12C[C@H](c3ccc(C#Cc4cccc(S(C)(=O)=O)c4)cc3)C3=C4CCC(=O)C=C4CC[C@H]3[C@@H]1CC[C@@]2(O)C(F)(F)C(F)(F)F. The van der Waals surface area contributed by atoms with E-state index in [9.17, 15) is 31.5 Å². The summed E-state index contributed by atoms with van der Waals surface area (Å²) in [6, 6.07) is 13.3. The summed E-state index contributed by atoms with van der Waals surface area (Å²) in [6.45, 7) is 1.40. The molecule has 2 saturated carbocycles. The van der Waals surface area contributed by atoms with Crippen LogP contribution in [0.1, 0.15) is 74.5 Å². The quantitative estimate of drug-likeness (QED) is 0.281. The molecule has 0 aliphatic heterocycles. The van der Waals surface area contributed by atoms with Crippen LogP contribution in [0.3, 0.4) is 0 Å². The number of halogens is 5. The molecule has 0 heterocycles. The maximum atomic E-state index is 15.2. The molecule has 10 heteroatoms. The highest BCUT2D eigenvalue weighted by atomic mass is 32.2. The highest BCUT2D eigenvalue weighted by molar-refractivity contribution is 7.90. The third-order valence-corrected chi connectivity index (χ3v) is 11.8. The molecule has 6 rings (SSSR count). The molecular formula is C35H33F5O4S. The summed E-state index contributed by atoms with van der Waals surface area (Å²) in [7, 11) is -3.41. The average Bonchev–Trinajstić information content (AvgIpc) is 3.26. The van der Waals surface area contributed by atoms with Crippen LogP contribution < -0.4 is 0 Å². The van der Waals surface area contributed by atoms with Crippen LogP contribution in [0.5, 0.6) is 0 Å². The van der Waals surface area contributed by atoms with Crippen molar-refractivity contribution in [3.63, 3.8) is 0 Å². The van der Waals surface area contributed by atoms with Gasteiger partial charge in [-0.05, 0) is 103 Å². The molecule has 0 unspecified atom stereocenters. The van der Waals surface area contributed by atoms with Crippen LogP contribution >= 0.6 is 0 Å². The van der Waals surface area contributed by atoms with Crippen molar-refractivity contribution in [1.29, 1.82) is 0 Å². The summed E-state index contributed by atoms with van der Waals surface area (Å²) in [5, 5.41) is 11.4. The van der Waals surface area contributed by atoms with Gasteiger partial charge in [0, 0.05) is 35.1 Å². The van der Waals surface area contributed by atoms with Gasteiger partial charge in [-0.3, -0.25) is 4.79 Å². The van der Waals surface area contributed by atoms with Crippen molar-refractivity contribution < 1.29 is 40.3 Å².